The topological polar surface area (TPSA) is 76.1 Å². The summed E-state index contributed by atoms with van der Waals surface area (Å²) in [5.74, 6) is -0.792. The van der Waals surface area contributed by atoms with Crippen LogP contribution in [-0.2, 0) is 4.79 Å². The van der Waals surface area contributed by atoms with E-state index in [0.717, 1.165) is 52.0 Å². The number of piperazine rings is 1. The van der Waals surface area contributed by atoms with Crippen molar-refractivity contribution in [3.63, 3.8) is 0 Å². The van der Waals surface area contributed by atoms with Gasteiger partial charge in [-0.15, -0.1) is 0 Å². The molecule has 2 rings (SSSR count). The van der Waals surface area contributed by atoms with Crippen LogP contribution in [0, 0.1) is 0 Å². The van der Waals surface area contributed by atoms with E-state index in [1.54, 1.807) is 0 Å². The molecule has 7 heteroatoms. The number of nitrogens with zero attached hydrogens (tertiary/aromatic N) is 3. The fourth-order valence-electron chi connectivity index (χ4n) is 2.98. The summed E-state index contributed by atoms with van der Waals surface area (Å²) < 4.78 is 0. The van der Waals surface area contributed by atoms with Gasteiger partial charge in [-0.2, -0.15) is 0 Å². The van der Waals surface area contributed by atoms with Crippen LogP contribution in [0.1, 0.15) is 32.1 Å². The van der Waals surface area contributed by atoms with E-state index >= 15 is 0 Å². The fraction of sp³-hybridized carbons (Fsp3) is 0.857. The number of likely N-dealkylation sites (N-methyl/N-ethyl adjacent to an activating group) is 1. The lowest BCUT2D eigenvalue weighted by Gasteiger charge is -2.38. The Bertz CT molecular complexity index is 369. The van der Waals surface area contributed by atoms with Gasteiger partial charge in [0.25, 0.3) is 0 Å². The number of nitrogens with one attached hydrogen (secondary N) is 1. The maximum atomic E-state index is 12.4. The lowest BCUT2D eigenvalue weighted by molar-refractivity contribution is -0.137. The highest BCUT2D eigenvalue weighted by atomic mass is 16.4. The predicted molar refractivity (Wildman–Crippen MR) is 78.8 cm³/mol. The first-order chi connectivity index (χ1) is 10.1. The molecule has 2 aliphatic heterocycles. The van der Waals surface area contributed by atoms with E-state index in [2.05, 4.69) is 17.4 Å². The first kappa shape index (κ1) is 16.0. The molecule has 0 spiro atoms. The molecule has 120 valence electrons. The number of amides is 2. The molecule has 0 aromatic heterocycles. The minimum atomic E-state index is -0.792. The summed E-state index contributed by atoms with van der Waals surface area (Å²) in [6, 6.07) is -0.0167. The number of carbonyl (C=O) groups is 2. The molecule has 2 amide bonds. The first-order valence-corrected chi connectivity index (χ1v) is 7.79. The number of hydrogen-bond donors (Lipinski definition) is 2. The standard InChI is InChI=1S/C14H26N4O3/c1-16-8-10-17(11-9-16)15-14(21)18-7-3-2-4-12(18)5-6-13(19)20/h12H,2-11H2,1H3,(H,15,21)(H,19,20). The van der Waals surface area contributed by atoms with Crippen LogP contribution in [-0.4, -0.2) is 77.7 Å². The van der Waals surface area contributed by atoms with Crippen molar-refractivity contribution in [1.29, 1.82) is 0 Å². The molecule has 1 atom stereocenters. The van der Waals surface area contributed by atoms with Crippen LogP contribution < -0.4 is 5.43 Å². The first-order valence-electron chi connectivity index (χ1n) is 7.79. The molecule has 0 bridgehead atoms. The molecule has 2 aliphatic rings. The number of urea groups is 1. The Kier molecular flexibility index (Phi) is 5.81. The van der Waals surface area contributed by atoms with Gasteiger partial charge >= 0.3 is 12.0 Å². The Balaban J connectivity index is 1.84. The van der Waals surface area contributed by atoms with Gasteiger partial charge in [-0.05, 0) is 32.7 Å². The lowest BCUT2D eigenvalue weighted by atomic mass is 9.98. The van der Waals surface area contributed by atoms with Crippen molar-refractivity contribution in [3.8, 4) is 0 Å². The van der Waals surface area contributed by atoms with Crippen molar-refractivity contribution in [2.45, 2.75) is 38.1 Å². The molecule has 2 N–H and O–H groups in total. The number of carboxylic acid groups (broad SMARTS) is 1. The molecule has 2 fully saturated rings. The van der Waals surface area contributed by atoms with Gasteiger partial charge in [0.2, 0.25) is 0 Å². The maximum Gasteiger partial charge on any atom is 0.332 e. The monoisotopic (exact) mass is 298 g/mol. The molecule has 1 unspecified atom stereocenters. The normalized spacial score (nSPS) is 24.8. The van der Waals surface area contributed by atoms with Gasteiger partial charge in [-0.3, -0.25) is 10.2 Å². The van der Waals surface area contributed by atoms with Crippen molar-refractivity contribution < 1.29 is 14.7 Å². The molecule has 0 aromatic carbocycles. The number of piperidine rings is 1. The second-order valence-corrected chi connectivity index (χ2v) is 5.98. The third-order valence-corrected chi connectivity index (χ3v) is 4.34. The Hall–Kier alpha value is -1.34. The van der Waals surface area contributed by atoms with Gasteiger partial charge in [0.1, 0.15) is 0 Å². The van der Waals surface area contributed by atoms with Crippen LogP contribution >= 0.6 is 0 Å². The SMILES string of the molecule is CN1CCN(NC(=O)N2CCCCC2CCC(=O)O)CC1. The number of hydrazine groups is 1. The van der Waals surface area contributed by atoms with Crippen LogP contribution in [0.15, 0.2) is 0 Å². The largest absolute Gasteiger partial charge is 0.481 e. The molecule has 0 saturated carbocycles. The summed E-state index contributed by atoms with van der Waals surface area (Å²) in [6.07, 6.45) is 3.65. The zero-order valence-electron chi connectivity index (χ0n) is 12.8. The van der Waals surface area contributed by atoms with Crippen molar-refractivity contribution in [2.24, 2.45) is 0 Å². The van der Waals surface area contributed by atoms with E-state index in [0.29, 0.717) is 6.42 Å². The number of likely N-dealkylation sites (tertiary alicyclic amines) is 1. The smallest absolute Gasteiger partial charge is 0.332 e. The highest BCUT2D eigenvalue weighted by molar-refractivity contribution is 5.74. The quantitative estimate of drug-likeness (QED) is 0.794. The van der Waals surface area contributed by atoms with E-state index in [1.165, 1.54) is 0 Å². The van der Waals surface area contributed by atoms with Gasteiger partial charge in [-0.1, -0.05) is 0 Å². The Morgan fingerprint density at radius 1 is 1.14 bits per heavy atom. The third kappa shape index (κ3) is 4.86. The maximum absolute atomic E-state index is 12.4. The predicted octanol–water partition coefficient (Wildman–Crippen LogP) is 0.578. The summed E-state index contributed by atoms with van der Waals surface area (Å²) in [5, 5.41) is 10.8. The third-order valence-electron chi connectivity index (χ3n) is 4.34. The Morgan fingerprint density at radius 2 is 1.86 bits per heavy atom. The Labute approximate surface area is 125 Å². The minimum absolute atomic E-state index is 0.0577. The van der Waals surface area contributed by atoms with Crippen molar-refractivity contribution in [2.75, 3.05) is 39.8 Å². The lowest BCUT2D eigenvalue weighted by Crippen LogP contribution is -2.57. The van der Waals surface area contributed by atoms with Crippen LogP contribution in [0.4, 0.5) is 4.79 Å². The van der Waals surface area contributed by atoms with Gasteiger partial charge in [0.15, 0.2) is 0 Å². The van der Waals surface area contributed by atoms with Gasteiger partial charge in [-0.25, -0.2) is 9.80 Å². The average Bonchev–Trinajstić information content (AvgIpc) is 2.47. The summed E-state index contributed by atoms with van der Waals surface area (Å²) in [7, 11) is 2.08. The van der Waals surface area contributed by atoms with E-state index in [-0.39, 0.29) is 18.5 Å². The summed E-state index contributed by atoms with van der Waals surface area (Å²) in [5.41, 5.74) is 2.97. The molecule has 0 aliphatic carbocycles. The van der Waals surface area contributed by atoms with Crippen molar-refractivity contribution in [3.05, 3.63) is 0 Å². The highest BCUT2D eigenvalue weighted by Gasteiger charge is 2.28. The zero-order valence-corrected chi connectivity index (χ0v) is 12.8. The summed E-state index contributed by atoms with van der Waals surface area (Å²) in [6.45, 7) is 4.28. The van der Waals surface area contributed by atoms with Crippen molar-refractivity contribution in [1.82, 2.24) is 20.2 Å². The summed E-state index contributed by atoms with van der Waals surface area (Å²) in [4.78, 5) is 27.2. The molecular weight excluding hydrogens is 272 g/mol. The van der Waals surface area contributed by atoms with E-state index in [1.807, 2.05) is 9.91 Å². The van der Waals surface area contributed by atoms with Crippen LogP contribution in [0.2, 0.25) is 0 Å². The van der Waals surface area contributed by atoms with Crippen LogP contribution in [0.25, 0.3) is 0 Å². The van der Waals surface area contributed by atoms with Crippen molar-refractivity contribution >= 4 is 12.0 Å². The van der Waals surface area contributed by atoms with Crippen LogP contribution in [0.5, 0.6) is 0 Å². The molecule has 21 heavy (non-hydrogen) atoms. The van der Waals surface area contributed by atoms with E-state index in [9.17, 15) is 9.59 Å². The molecule has 0 radical (unpaired) electrons. The number of aliphatic carboxylic acids is 1. The Morgan fingerprint density at radius 3 is 2.52 bits per heavy atom. The number of carbonyl (C=O) groups excluding carboxylic acids is 1. The molecule has 2 saturated heterocycles. The highest BCUT2D eigenvalue weighted by Crippen LogP contribution is 2.21. The van der Waals surface area contributed by atoms with Gasteiger partial charge in [0, 0.05) is 45.2 Å². The summed E-state index contributed by atoms with van der Waals surface area (Å²) >= 11 is 0. The van der Waals surface area contributed by atoms with Crippen LogP contribution in [0.3, 0.4) is 0 Å². The number of hydrogen-bond acceptors (Lipinski definition) is 4. The zero-order chi connectivity index (χ0) is 15.2. The fourth-order valence-corrected chi connectivity index (χ4v) is 2.98. The minimum Gasteiger partial charge on any atom is -0.481 e. The average molecular weight is 298 g/mol. The molecular formula is C14H26N4O3. The van der Waals surface area contributed by atoms with E-state index < -0.39 is 5.97 Å². The molecule has 0 aromatic rings. The molecule has 2 heterocycles. The number of carboxylic acids is 1. The second-order valence-electron chi connectivity index (χ2n) is 5.98. The van der Waals surface area contributed by atoms with Gasteiger partial charge in [0.05, 0.1) is 0 Å². The van der Waals surface area contributed by atoms with E-state index in [4.69, 9.17) is 5.11 Å². The second kappa shape index (κ2) is 7.61. The molecule has 7 nitrogen and oxygen atoms in total. The number of rotatable bonds is 4. The van der Waals surface area contributed by atoms with Gasteiger partial charge < -0.3 is 14.9 Å².